The predicted octanol–water partition coefficient (Wildman–Crippen LogP) is 3.65. The molecule has 58 valence electrons. The number of fused-ring (bicyclic) bond motifs is 1. The summed E-state index contributed by atoms with van der Waals surface area (Å²) < 4.78 is 5.23. The highest BCUT2D eigenvalue weighted by Gasteiger charge is 2.46. The third-order valence-corrected chi connectivity index (χ3v) is 3.20. The second-order valence-corrected chi connectivity index (χ2v) is 6.87. The lowest BCUT2D eigenvalue weighted by molar-refractivity contribution is 0.642. The Morgan fingerprint density at radius 3 is 2.73 bits per heavy atom. The summed E-state index contributed by atoms with van der Waals surface area (Å²) in [6.07, 6.45) is -2.38. The molecule has 0 radical (unpaired) electrons. The second-order valence-electron chi connectivity index (χ2n) is 2.16. The smallest absolute Gasteiger partial charge is 0.286 e. The van der Waals surface area contributed by atoms with E-state index >= 15 is 0 Å². The van der Waals surface area contributed by atoms with Crippen molar-refractivity contribution in [2.75, 3.05) is 5.09 Å². The minimum absolute atomic E-state index is 0.728. The van der Waals surface area contributed by atoms with E-state index in [1.807, 2.05) is 24.3 Å². The number of nitrogens with one attached hydrogen (secondary N) is 1. The van der Waals surface area contributed by atoms with Crippen LogP contribution in [0.2, 0.25) is 0 Å². The molecule has 0 aromatic heterocycles. The number of hydrogen-bond acceptors (Lipinski definition) is 2. The Balaban J connectivity index is 2.41. The highest BCUT2D eigenvalue weighted by molar-refractivity contribution is 8.15. The van der Waals surface area contributed by atoms with E-state index in [-0.39, 0.29) is 0 Å². The van der Waals surface area contributed by atoms with Gasteiger partial charge in [-0.2, -0.15) is 5.09 Å². The van der Waals surface area contributed by atoms with Crippen LogP contribution in [0, 0.1) is 0 Å². The standard InChI is InChI=1S/C6H5Cl2NOP/c7-11(8)9-5-3-1-2-4-6(5)10-11/h1-4,9H/q+1. The van der Waals surface area contributed by atoms with Gasteiger partial charge in [-0.15, -0.1) is 0 Å². The molecule has 0 saturated carbocycles. The summed E-state index contributed by atoms with van der Waals surface area (Å²) in [4.78, 5) is 0. The molecule has 0 amide bonds. The first-order chi connectivity index (χ1) is 5.17. The Hall–Kier alpha value is -0.170. The van der Waals surface area contributed by atoms with Crippen molar-refractivity contribution in [3.05, 3.63) is 24.3 Å². The van der Waals surface area contributed by atoms with Crippen molar-refractivity contribution in [2.45, 2.75) is 0 Å². The van der Waals surface area contributed by atoms with Crippen LogP contribution in [0.4, 0.5) is 5.69 Å². The maximum Gasteiger partial charge on any atom is 0.480 e. The Morgan fingerprint density at radius 2 is 2.00 bits per heavy atom. The van der Waals surface area contributed by atoms with Crippen LogP contribution < -0.4 is 9.61 Å². The molecule has 1 heterocycles. The quantitative estimate of drug-likeness (QED) is 0.658. The van der Waals surface area contributed by atoms with Gasteiger partial charge in [-0.05, 0) is 12.1 Å². The lowest BCUT2D eigenvalue weighted by atomic mass is 10.3. The summed E-state index contributed by atoms with van der Waals surface area (Å²) in [6, 6.07) is 7.48. The molecule has 0 fully saturated rings. The van der Waals surface area contributed by atoms with Gasteiger partial charge in [0.15, 0.2) is 22.5 Å². The molecule has 1 aliphatic rings. The monoisotopic (exact) mass is 208 g/mol. The summed E-state index contributed by atoms with van der Waals surface area (Å²) in [5.41, 5.74) is 0.867. The van der Waals surface area contributed by atoms with Crippen LogP contribution in [0.15, 0.2) is 24.3 Å². The molecule has 5 heteroatoms. The van der Waals surface area contributed by atoms with Crippen molar-refractivity contribution in [1.29, 1.82) is 0 Å². The third-order valence-electron chi connectivity index (χ3n) is 1.35. The minimum Gasteiger partial charge on any atom is -0.286 e. The van der Waals surface area contributed by atoms with Gasteiger partial charge in [0.2, 0.25) is 5.75 Å². The van der Waals surface area contributed by atoms with Crippen molar-refractivity contribution < 1.29 is 4.52 Å². The molecule has 0 atom stereocenters. The zero-order valence-corrected chi connectivity index (χ0v) is 7.83. The van der Waals surface area contributed by atoms with Crippen LogP contribution >= 0.6 is 28.8 Å². The van der Waals surface area contributed by atoms with E-state index in [9.17, 15) is 0 Å². The molecule has 1 aromatic rings. The van der Waals surface area contributed by atoms with E-state index in [4.69, 9.17) is 27.0 Å². The number of benzene rings is 1. The molecule has 1 aromatic carbocycles. The zero-order chi connectivity index (χ0) is 7.90. The van der Waals surface area contributed by atoms with Crippen LogP contribution in [0.3, 0.4) is 0 Å². The molecule has 0 spiro atoms. The van der Waals surface area contributed by atoms with E-state index < -0.39 is 6.35 Å². The molecular formula is C6H5Cl2NOP+. The first-order valence-corrected chi connectivity index (χ1v) is 6.54. The third kappa shape index (κ3) is 1.39. The largest absolute Gasteiger partial charge is 0.480 e. The van der Waals surface area contributed by atoms with Gasteiger partial charge in [0.25, 0.3) is 0 Å². The molecule has 11 heavy (non-hydrogen) atoms. The summed E-state index contributed by atoms with van der Waals surface area (Å²) >= 11 is 11.6. The minimum atomic E-state index is -2.38. The Bertz CT molecular complexity index is 265. The van der Waals surface area contributed by atoms with E-state index in [0.717, 1.165) is 11.4 Å². The zero-order valence-electron chi connectivity index (χ0n) is 5.42. The van der Waals surface area contributed by atoms with Gasteiger partial charge >= 0.3 is 6.35 Å². The average Bonchev–Trinajstić information content (AvgIpc) is 2.21. The van der Waals surface area contributed by atoms with Crippen LogP contribution in [0.1, 0.15) is 0 Å². The van der Waals surface area contributed by atoms with E-state index in [1.165, 1.54) is 0 Å². The van der Waals surface area contributed by atoms with Crippen LogP contribution in [0.5, 0.6) is 5.75 Å². The molecule has 1 N–H and O–H groups in total. The van der Waals surface area contributed by atoms with Crippen molar-refractivity contribution >= 4 is 34.5 Å². The van der Waals surface area contributed by atoms with Crippen LogP contribution in [0.25, 0.3) is 0 Å². The molecule has 1 aliphatic heterocycles. The molecule has 2 rings (SSSR count). The fourth-order valence-electron chi connectivity index (χ4n) is 0.925. The number of anilines is 1. The summed E-state index contributed by atoms with van der Waals surface area (Å²) in [5, 5.41) is 2.89. The second kappa shape index (κ2) is 2.41. The highest BCUT2D eigenvalue weighted by atomic mass is 35.9. The SMILES string of the molecule is Cl[P+]1(Cl)Nc2ccccc2O1. The average molecular weight is 209 g/mol. The number of rotatable bonds is 0. The number of halogens is 2. The fourth-order valence-corrected chi connectivity index (χ4v) is 2.83. The maximum absolute atomic E-state index is 5.78. The van der Waals surface area contributed by atoms with E-state index in [2.05, 4.69) is 5.09 Å². The van der Waals surface area contributed by atoms with Crippen molar-refractivity contribution in [3.63, 3.8) is 0 Å². The Labute approximate surface area is 74.5 Å². The summed E-state index contributed by atoms with van der Waals surface area (Å²) in [7, 11) is 0. The maximum atomic E-state index is 5.78. The van der Waals surface area contributed by atoms with Crippen LogP contribution in [-0.4, -0.2) is 0 Å². The first kappa shape index (κ1) is 7.48. The fraction of sp³-hybridized carbons (Fsp3) is 0. The van der Waals surface area contributed by atoms with Gasteiger partial charge in [-0.3, -0.25) is 4.52 Å². The normalized spacial score (nSPS) is 18.4. The van der Waals surface area contributed by atoms with Gasteiger partial charge in [0.1, 0.15) is 5.69 Å². The first-order valence-electron chi connectivity index (χ1n) is 3.03. The van der Waals surface area contributed by atoms with Gasteiger partial charge in [0, 0.05) is 0 Å². The number of para-hydroxylation sites is 2. The lowest BCUT2D eigenvalue weighted by Gasteiger charge is -1.96. The summed E-state index contributed by atoms with van der Waals surface area (Å²) in [6.45, 7) is 0. The molecule has 2 nitrogen and oxygen atoms in total. The van der Waals surface area contributed by atoms with Crippen molar-refractivity contribution in [3.8, 4) is 5.75 Å². The van der Waals surface area contributed by atoms with Gasteiger partial charge in [0.05, 0.1) is 0 Å². The molecule has 0 aliphatic carbocycles. The lowest BCUT2D eigenvalue weighted by Crippen LogP contribution is -1.86. The van der Waals surface area contributed by atoms with Crippen molar-refractivity contribution in [1.82, 2.24) is 0 Å². The van der Waals surface area contributed by atoms with E-state index in [0.29, 0.717) is 0 Å². The molecule has 0 saturated heterocycles. The Kier molecular flexibility index (Phi) is 1.64. The van der Waals surface area contributed by atoms with E-state index in [1.54, 1.807) is 0 Å². The van der Waals surface area contributed by atoms with Gasteiger partial charge < -0.3 is 0 Å². The topological polar surface area (TPSA) is 21.3 Å². The highest BCUT2D eigenvalue weighted by Crippen LogP contribution is 2.73. The summed E-state index contributed by atoms with van der Waals surface area (Å²) in [5.74, 6) is 0.728. The molecule has 0 unspecified atom stereocenters. The van der Waals surface area contributed by atoms with Crippen LogP contribution in [-0.2, 0) is 0 Å². The predicted molar refractivity (Wildman–Crippen MR) is 49.3 cm³/mol. The molecule has 0 bridgehead atoms. The van der Waals surface area contributed by atoms with Gasteiger partial charge in [-0.1, -0.05) is 12.1 Å². The number of hydrogen-bond donors (Lipinski definition) is 1. The molecular weight excluding hydrogens is 204 g/mol. The van der Waals surface area contributed by atoms with Crippen molar-refractivity contribution in [2.24, 2.45) is 0 Å². The van der Waals surface area contributed by atoms with Gasteiger partial charge in [-0.25, -0.2) is 0 Å². The Morgan fingerprint density at radius 1 is 1.27 bits per heavy atom.